The Hall–Kier alpha value is -2.04. The lowest BCUT2D eigenvalue weighted by molar-refractivity contribution is 1.38. The summed E-state index contributed by atoms with van der Waals surface area (Å²) in [6.45, 7) is 1.89. The van der Waals surface area contributed by atoms with Crippen molar-refractivity contribution < 1.29 is 0 Å². The third-order valence-electron chi connectivity index (χ3n) is 3.35. The predicted molar refractivity (Wildman–Crippen MR) is 107 cm³/mol. The molecule has 2 aromatic carbocycles. The maximum atomic E-state index is 5.99. The van der Waals surface area contributed by atoms with E-state index in [2.05, 4.69) is 41.4 Å². The lowest BCUT2D eigenvalue weighted by atomic mass is 10.1. The lowest BCUT2D eigenvalue weighted by Crippen LogP contribution is -1.92. The molecule has 0 spiro atoms. The average molecular weight is 360 g/mol. The van der Waals surface area contributed by atoms with Crippen LogP contribution in [0, 0.1) is 0 Å². The fourth-order valence-electron chi connectivity index (χ4n) is 2.18. The van der Waals surface area contributed by atoms with Crippen molar-refractivity contribution in [1.82, 2.24) is 4.98 Å². The summed E-state index contributed by atoms with van der Waals surface area (Å²) in [6, 6.07) is 18.8. The number of halogens is 1. The van der Waals surface area contributed by atoms with Crippen LogP contribution in [0.5, 0.6) is 0 Å². The third-order valence-corrected chi connectivity index (χ3v) is 4.41. The number of benzene rings is 2. The Morgan fingerprint density at radius 2 is 1.75 bits per heavy atom. The van der Waals surface area contributed by atoms with Crippen molar-refractivity contribution in [3.8, 4) is 11.1 Å². The van der Waals surface area contributed by atoms with Crippen LogP contribution in [0.3, 0.4) is 0 Å². The molecule has 0 fully saturated rings. The number of hydrogen-bond acceptors (Lipinski definition) is 3. The minimum absolute atomic E-state index is 0.521. The van der Waals surface area contributed by atoms with Crippen LogP contribution in [0.25, 0.3) is 11.1 Å². The van der Waals surface area contributed by atoms with E-state index in [1.807, 2.05) is 43.1 Å². The van der Waals surface area contributed by atoms with E-state index in [0.717, 1.165) is 22.8 Å². The van der Waals surface area contributed by atoms with Gasteiger partial charge >= 0.3 is 0 Å². The summed E-state index contributed by atoms with van der Waals surface area (Å²) in [5, 5.41) is 0. The van der Waals surface area contributed by atoms with Crippen molar-refractivity contribution in [2.24, 2.45) is 0 Å². The van der Waals surface area contributed by atoms with Gasteiger partial charge in [0.05, 0.1) is 5.69 Å². The number of nitrogen functional groups attached to an aromatic ring is 2. The number of thioether (sulfide) groups is 1. The summed E-state index contributed by atoms with van der Waals surface area (Å²) < 4.78 is 0. The molecule has 24 heavy (non-hydrogen) atoms. The van der Waals surface area contributed by atoms with E-state index in [-0.39, 0.29) is 0 Å². The zero-order valence-corrected chi connectivity index (χ0v) is 15.2. The Morgan fingerprint density at radius 3 is 2.38 bits per heavy atom. The van der Waals surface area contributed by atoms with Gasteiger partial charge in [0.1, 0.15) is 5.82 Å². The Kier molecular flexibility index (Phi) is 7.09. The molecule has 1 heterocycles. The van der Waals surface area contributed by atoms with E-state index in [0.29, 0.717) is 11.5 Å². The number of nitrogens with one attached hydrogen (secondary N) is 1. The third kappa shape index (κ3) is 4.98. The van der Waals surface area contributed by atoms with Crippen molar-refractivity contribution >= 4 is 34.9 Å². The summed E-state index contributed by atoms with van der Waals surface area (Å²) in [5.41, 5.74) is 15.7. The Labute approximate surface area is 152 Å². The largest absolute Gasteiger partial charge is 0.395 e. The minimum Gasteiger partial charge on any atom is -0.395 e. The summed E-state index contributed by atoms with van der Waals surface area (Å²) in [4.78, 5) is 4.18. The Bertz CT molecular complexity index is 756. The molecule has 0 atom stereocenters. The molecule has 1 aromatic heterocycles. The minimum atomic E-state index is 0.521. The van der Waals surface area contributed by atoms with E-state index >= 15 is 0 Å². The SMILES string of the molecule is CCCl.Nc1[nH]cc(-c2cccc(SCc3ccccc3)c2)c1N. The lowest BCUT2D eigenvalue weighted by Gasteiger charge is -2.05. The molecule has 0 aliphatic heterocycles. The summed E-state index contributed by atoms with van der Waals surface area (Å²) >= 11 is 6.81. The number of aromatic nitrogens is 1. The maximum absolute atomic E-state index is 5.99. The zero-order chi connectivity index (χ0) is 17.4. The normalized spacial score (nSPS) is 10.1. The standard InChI is InChI=1S/C17H17N3S.C2H5Cl/c18-16-15(10-20-17(16)19)13-7-4-8-14(9-13)21-11-12-5-2-1-3-6-12;1-2-3/h1-10,20H,11,18-19H2;2H2,1H3. The molecule has 0 amide bonds. The van der Waals surface area contributed by atoms with E-state index in [1.54, 1.807) is 0 Å². The molecule has 0 aliphatic carbocycles. The van der Waals surface area contributed by atoms with Crippen molar-refractivity contribution in [2.75, 3.05) is 17.3 Å². The van der Waals surface area contributed by atoms with Gasteiger partial charge in [-0.15, -0.1) is 23.4 Å². The second-order valence-corrected chi connectivity index (χ2v) is 6.68. The molecule has 0 aliphatic rings. The molecule has 3 nitrogen and oxygen atoms in total. The van der Waals surface area contributed by atoms with Gasteiger partial charge in [-0.2, -0.15) is 0 Å². The van der Waals surface area contributed by atoms with Crippen LogP contribution in [-0.4, -0.2) is 10.9 Å². The first-order valence-electron chi connectivity index (χ1n) is 7.71. The highest BCUT2D eigenvalue weighted by molar-refractivity contribution is 7.98. The van der Waals surface area contributed by atoms with Gasteiger partial charge in [-0.3, -0.25) is 0 Å². The topological polar surface area (TPSA) is 67.8 Å². The predicted octanol–water partition coefficient (Wildman–Crippen LogP) is 5.38. The van der Waals surface area contributed by atoms with Gasteiger partial charge in [0.25, 0.3) is 0 Å². The first kappa shape index (κ1) is 18.3. The van der Waals surface area contributed by atoms with Gasteiger partial charge in [-0.25, -0.2) is 0 Å². The fourth-order valence-corrected chi connectivity index (χ4v) is 3.09. The van der Waals surface area contributed by atoms with E-state index in [1.165, 1.54) is 10.5 Å². The average Bonchev–Trinajstić information content (AvgIpc) is 2.94. The molecule has 3 aromatic rings. The smallest absolute Gasteiger partial charge is 0.124 e. The Balaban J connectivity index is 0.000000647. The fraction of sp³-hybridized carbons (Fsp3) is 0.158. The molecular weight excluding hydrogens is 338 g/mol. The maximum Gasteiger partial charge on any atom is 0.124 e. The first-order chi connectivity index (χ1) is 11.7. The van der Waals surface area contributed by atoms with Gasteiger partial charge in [-0.05, 0) is 23.3 Å². The summed E-state index contributed by atoms with van der Waals surface area (Å²) in [6.07, 6.45) is 1.85. The van der Waals surface area contributed by atoms with Crippen molar-refractivity contribution in [3.63, 3.8) is 0 Å². The van der Waals surface area contributed by atoms with E-state index in [4.69, 9.17) is 23.1 Å². The van der Waals surface area contributed by atoms with Gasteiger partial charge in [0.15, 0.2) is 0 Å². The second kappa shape index (κ2) is 9.30. The number of rotatable bonds is 4. The molecule has 5 heteroatoms. The molecular formula is C19H22ClN3S. The first-order valence-corrected chi connectivity index (χ1v) is 9.23. The van der Waals surface area contributed by atoms with Gasteiger partial charge in [0, 0.05) is 28.3 Å². The van der Waals surface area contributed by atoms with Crippen LogP contribution >= 0.6 is 23.4 Å². The molecule has 5 N–H and O–H groups in total. The molecule has 0 radical (unpaired) electrons. The highest BCUT2D eigenvalue weighted by Crippen LogP contribution is 2.33. The number of nitrogens with two attached hydrogens (primary N) is 2. The van der Waals surface area contributed by atoms with Crippen LogP contribution in [0.15, 0.2) is 65.7 Å². The number of hydrogen-bond donors (Lipinski definition) is 3. The number of alkyl halides is 1. The van der Waals surface area contributed by atoms with Crippen LogP contribution < -0.4 is 11.5 Å². The van der Waals surface area contributed by atoms with Gasteiger partial charge in [0.2, 0.25) is 0 Å². The van der Waals surface area contributed by atoms with Crippen LogP contribution in [0.4, 0.5) is 11.5 Å². The number of anilines is 2. The number of H-pyrrole nitrogens is 1. The van der Waals surface area contributed by atoms with Gasteiger partial charge in [-0.1, -0.05) is 49.4 Å². The van der Waals surface area contributed by atoms with Crippen LogP contribution in [0.2, 0.25) is 0 Å². The van der Waals surface area contributed by atoms with Crippen LogP contribution in [-0.2, 0) is 5.75 Å². The molecule has 126 valence electrons. The van der Waals surface area contributed by atoms with Crippen molar-refractivity contribution in [1.29, 1.82) is 0 Å². The molecule has 3 rings (SSSR count). The van der Waals surface area contributed by atoms with Crippen molar-refractivity contribution in [3.05, 3.63) is 66.4 Å². The molecule has 0 bridgehead atoms. The van der Waals surface area contributed by atoms with E-state index in [9.17, 15) is 0 Å². The zero-order valence-electron chi connectivity index (χ0n) is 13.6. The van der Waals surface area contributed by atoms with Crippen molar-refractivity contribution in [2.45, 2.75) is 17.6 Å². The quantitative estimate of drug-likeness (QED) is 0.432. The Morgan fingerprint density at radius 1 is 1.04 bits per heavy atom. The molecule has 0 saturated heterocycles. The highest BCUT2D eigenvalue weighted by Gasteiger charge is 2.08. The monoisotopic (exact) mass is 359 g/mol. The molecule has 0 unspecified atom stereocenters. The number of aromatic amines is 1. The van der Waals surface area contributed by atoms with Crippen LogP contribution in [0.1, 0.15) is 12.5 Å². The second-order valence-electron chi connectivity index (χ2n) is 5.10. The highest BCUT2D eigenvalue weighted by atomic mass is 35.5. The summed E-state index contributed by atoms with van der Waals surface area (Å²) in [7, 11) is 0. The van der Waals surface area contributed by atoms with E-state index < -0.39 is 0 Å². The summed E-state index contributed by atoms with van der Waals surface area (Å²) in [5.74, 6) is 2.20. The molecule has 0 saturated carbocycles. The van der Waals surface area contributed by atoms with Gasteiger partial charge < -0.3 is 16.5 Å².